The third kappa shape index (κ3) is 7.42. The number of hydrogen-bond acceptors (Lipinski definition) is 12. The zero-order chi connectivity index (χ0) is 44.4. The van der Waals surface area contributed by atoms with Gasteiger partial charge in [0.1, 0.15) is 52.8 Å². The van der Waals surface area contributed by atoms with E-state index >= 15 is 4.79 Å². The molecule has 2 saturated heterocycles. The van der Waals surface area contributed by atoms with Crippen LogP contribution >= 0.6 is 0 Å². The lowest BCUT2D eigenvalue weighted by Gasteiger charge is -2.56. The van der Waals surface area contributed by atoms with Gasteiger partial charge in [-0.1, -0.05) is 48.8 Å². The smallest absolute Gasteiger partial charge is 0.246 e. The number of carbonyl (C=O) groups excluding carboxylic acids is 3. The lowest BCUT2D eigenvalue weighted by molar-refractivity contribution is -0.277. The van der Waals surface area contributed by atoms with Crippen LogP contribution in [-0.2, 0) is 25.5 Å². The van der Waals surface area contributed by atoms with Crippen LogP contribution in [0.25, 0.3) is 6.08 Å². The molecule has 4 heterocycles. The molecule has 5 unspecified atom stereocenters. The van der Waals surface area contributed by atoms with Gasteiger partial charge >= 0.3 is 0 Å². The van der Waals surface area contributed by atoms with Gasteiger partial charge in [0.05, 0.1) is 17.8 Å². The molecule has 4 aliphatic heterocycles. The second-order valence-corrected chi connectivity index (χ2v) is 18.9. The maximum atomic E-state index is 15.7. The summed E-state index contributed by atoms with van der Waals surface area (Å²) in [6.07, 6.45) is 6.86. The second-order valence-electron chi connectivity index (χ2n) is 18.9. The largest absolute Gasteiger partial charge is 0.482 e. The van der Waals surface area contributed by atoms with E-state index in [9.17, 15) is 30.0 Å². The molecule has 1 spiro atoms. The van der Waals surface area contributed by atoms with E-state index < -0.39 is 77.3 Å². The number of aliphatic hydroxyl groups excluding tert-OH is 4. The molecular weight excluding hydrogens is 783 g/mol. The minimum Gasteiger partial charge on any atom is -0.482 e. The van der Waals surface area contributed by atoms with E-state index in [0.29, 0.717) is 41.8 Å². The van der Waals surface area contributed by atoms with E-state index in [1.54, 1.807) is 19.1 Å². The Hall–Kier alpha value is -4.11. The van der Waals surface area contributed by atoms with Gasteiger partial charge in [0, 0.05) is 41.5 Å². The standard InChI is InChI=1S/C48H63NO12/c1-10-11-21-49-43(56)27(6)16-20-47-42(55)28-22-31-35(51)34-40(58-44-38(54)37(53)36(52)32(24-50)57-44)30-17-19-46(9,18-12-13-25(2)3)59-39(30)29(15-14-26(4)5)41(34)60-48(31,47)33(23-28)45(7,8)61-47/h13-14,16-17,19,22,28,32-33,36-38,44,50,52-54H,10-12,15,18,20-21,23-24H2,1-9H3,(H,49,56)/b27-16-/t28?,32-,33?,36-,37-,38-,44+,46?,47?,48?/m1/s1. The van der Waals surface area contributed by atoms with Gasteiger partial charge in [0.2, 0.25) is 12.2 Å². The number of aliphatic hydroxyl groups is 4. The van der Waals surface area contributed by atoms with Gasteiger partial charge in [0.15, 0.2) is 22.8 Å². The van der Waals surface area contributed by atoms with Crippen molar-refractivity contribution in [2.24, 2.45) is 11.8 Å². The molecule has 4 bridgehead atoms. The van der Waals surface area contributed by atoms with Crippen molar-refractivity contribution in [2.75, 3.05) is 13.2 Å². The van der Waals surface area contributed by atoms with Gasteiger partial charge in [-0.3, -0.25) is 14.4 Å². The Bertz CT molecular complexity index is 2120. The minimum atomic E-state index is -1.78. The highest BCUT2D eigenvalue weighted by Crippen LogP contribution is 2.69. The van der Waals surface area contributed by atoms with Crippen LogP contribution in [0.1, 0.15) is 122 Å². The van der Waals surface area contributed by atoms with Crippen LogP contribution in [0.3, 0.4) is 0 Å². The van der Waals surface area contributed by atoms with Crippen molar-refractivity contribution in [1.82, 2.24) is 5.32 Å². The summed E-state index contributed by atoms with van der Waals surface area (Å²) in [6, 6.07) is 0. The number of carbonyl (C=O) groups is 3. The van der Waals surface area contributed by atoms with E-state index in [2.05, 4.69) is 11.4 Å². The van der Waals surface area contributed by atoms with Crippen molar-refractivity contribution in [3.63, 3.8) is 0 Å². The van der Waals surface area contributed by atoms with Crippen molar-refractivity contribution in [2.45, 2.75) is 160 Å². The van der Waals surface area contributed by atoms with Gasteiger partial charge in [-0.05, 0) is 99.6 Å². The summed E-state index contributed by atoms with van der Waals surface area (Å²) >= 11 is 0. The minimum absolute atomic E-state index is 0.0144. The van der Waals surface area contributed by atoms with Crippen LogP contribution < -0.4 is 19.5 Å². The van der Waals surface area contributed by atoms with E-state index in [1.165, 1.54) is 5.57 Å². The first kappa shape index (κ1) is 44.9. The molecule has 3 aliphatic carbocycles. The van der Waals surface area contributed by atoms with Crippen molar-refractivity contribution in [3.8, 4) is 17.2 Å². The summed E-state index contributed by atoms with van der Waals surface area (Å²) < 4.78 is 33.8. The molecule has 5 N–H and O–H groups in total. The highest BCUT2D eigenvalue weighted by molar-refractivity contribution is 6.19. The van der Waals surface area contributed by atoms with E-state index in [1.807, 2.05) is 73.6 Å². The number of nitrogens with one attached hydrogen (secondary N) is 1. The lowest BCUT2D eigenvalue weighted by Crippen LogP contribution is -2.72. The topological polar surface area (TPSA) is 190 Å². The lowest BCUT2D eigenvalue weighted by atomic mass is 9.51. The van der Waals surface area contributed by atoms with Crippen LogP contribution in [0.15, 0.2) is 52.7 Å². The SMILES string of the molecule is CCCCNC(=O)/C(C)=C\CC12OC(C)(C)C3CC(C=C4C(=O)c5c(O[C@@H]6O[C@H](CO)[C@@H](O)[C@@H](O)[C@H]6O)c6c(c(CC=C(C)C)c5OC431)OC(C)(CCC=C(C)C)C=C6)C2=O. The number of ketones is 2. The fraction of sp³-hybridized carbons (Fsp3) is 0.604. The second kappa shape index (κ2) is 16.5. The van der Waals surface area contributed by atoms with Gasteiger partial charge in [-0.2, -0.15) is 0 Å². The average molecular weight is 846 g/mol. The first-order valence-corrected chi connectivity index (χ1v) is 21.8. The number of Topliss-reactive ketones (excluding diaryl/α,β-unsaturated/α-hetero) is 2. The molecule has 8 rings (SSSR count). The fourth-order valence-electron chi connectivity index (χ4n) is 10.1. The fourth-order valence-corrected chi connectivity index (χ4v) is 10.1. The number of allylic oxidation sites excluding steroid dienone is 5. The summed E-state index contributed by atoms with van der Waals surface area (Å²) in [5.41, 5.74) is -1.32. The Morgan fingerprint density at radius 1 is 0.967 bits per heavy atom. The predicted molar refractivity (Wildman–Crippen MR) is 227 cm³/mol. The summed E-state index contributed by atoms with van der Waals surface area (Å²) in [5, 5.41) is 45.7. The first-order valence-electron chi connectivity index (χ1n) is 21.8. The average Bonchev–Trinajstić information content (AvgIpc) is 3.36. The zero-order valence-electron chi connectivity index (χ0n) is 36.9. The van der Waals surface area contributed by atoms with E-state index in [4.69, 9.17) is 23.7 Å². The monoisotopic (exact) mass is 845 g/mol. The summed E-state index contributed by atoms with van der Waals surface area (Å²) in [4.78, 5) is 43.8. The molecule has 13 nitrogen and oxygen atoms in total. The zero-order valence-corrected chi connectivity index (χ0v) is 36.9. The first-order chi connectivity index (χ1) is 28.8. The Balaban J connectivity index is 1.46. The molecule has 1 amide bonds. The van der Waals surface area contributed by atoms with E-state index in [0.717, 1.165) is 24.8 Å². The molecule has 3 fully saturated rings. The van der Waals surface area contributed by atoms with Crippen molar-refractivity contribution >= 4 is 23.5 Å². The summed E-state index contributed by atoms with van der Waals surface area (Å²) in [7, 11) is 0. The molecular formula is C48H63NO12. The van der Waals surface area contributed by atoms with Gasteiger partial charge in [0.25, 0.3) is 0 Å². The molecule has 0 aromatic heterocycles. The molecule has 332 valence electrons. The molecule has 10 atom stereocenters. The Kier molecular flexibility index (Phi) is 12.2. The molecule has 1 aromatic carbocycles. The Morgan fingerprint density at radius 3 is 2.36 bits per heavy atom. The molecule has 13 heteroatoms. The number of fused-ring (bicyclic) bond motifs is 2. The van der Waals surface area contributed by atoms with E-state index in [-0.39, 0.29) is 47.2 Å². The molecule has 1 saturated carbocycles. The maximum absolute atomic E-state index is 15.7. The van der Waals surface area contributed by atoms with Gasteiger partial charge in [-0.25, -0.2) is 0 Å². The molecule has 7 aliphatic rings. The van der Waals surface area contributed by atoms with Crippen LogP contribution in [0, 0.1) is 11.8 Å². The molecule has 61 heavy (non-hydrogen) atoms. The molecule has 1 aromatic rings. The highest BCUT2D eigenvalue weighted by Gasteiger charge is 2.81. The third-order valence-electron chi connectivity index (χ3n) is 13.4. The van der Waals surface area contributed by atoms with Crippen LogP contribution in [-0.4, -0.2) is 104 Å². The predicted octanol–water partition coefficient (Wildman–Crippen LogP) is 5.54. The Labute approximate surface area is 358 Å². The highest BCUT2D eigenvalue weighted by atomic mass is 16.7. The Morgan fingerprint density at radius 2 is 1.69 bits per heavy atom. The summed E-state index contributed by atoms with van der Waals surface area (Å²) in [5.74, 6) is -1.65. The third-order valence-corrected chi connectivity index (χ3v) is 13.4. The van der Waals surface area contributed by atoms with Crippen LogP contribution in [0.4, 0.5) is 0 Å². The van der Waals surface area contributed by atoms with Crippen molar-refractivity contribution in [3.05, 3.63) is 69.4 Å². The van der Waals surface area contributed by atoms with Crippen LogP contribution in [0.5, 0.6) is 17.2 Å². The summed E-state index contributed by atoms with van der Waals surface area (Å²) in [6.45, 7) is 17.4. The number of hydrogen-bond donors (Lipinski definition) is 5. The quantitative estimate of drug-likeness (QED) is 0.0895. The van der Waals surface area contributed by atoms with Crippen molar-refractivity contribution in [1.29, 1.82) is 0 Å². The van der Waals surface area contributed by atoms with Crippen molar-refractivity contribution < 1.29 is 58.5 Å². The van der Waals surface area contributed by atoms with Gasteiger partial charge in [-0.15, -0.1) is 0 Å². The number of unbranched alkanes of at least 4 members (excludes halogenated alkanes) is 1. The number of amides is 1. The van der Waals surface area contributed by atoms with Crippen LogP contribution in [0.2, 0.25) is 0 Å². The number of rotatable bonds is 14. The normalized spacial score (nSPS) is 34.0. The maximum Gasteiger partial charge on any atom is 0.246 e. The van der Waals surface area contributed by atoms with Gasteiger partial charge < -0.3 is 49.4 Å². The molecule has 0 radical (unpaired) electrons. The number of ether oxygens (including phenoxy) is 5. The number of benzene rings is 1.